The van der Waals surface area contributed by atoms with Gasteiger partial charge in [-0.3, -0.25) is 4.79 Å². The minimum Gasteiger partial charge on any atom is -0.465 e. The van der Waals surface area contributed by atoms with Gasteiger partial charge in [-0.25, -0.2) is 8.78 Å². The molecule has 0 saturated heterocycles. The SMILES string of the molecule is C=Cc1ccc2cc(C(C(=O)OCCCCCCCCCCCCCCCC)C(F)F)ccc2c1. The van der Waals surface area contributed by atoms with Crippen molar-refractivity contribution < 1.29 is 18.3 Å². The Morgan fingerprint density at radius 1 is 0.800 bits per heavy atom. The van der Waals surface area contributed by atoms with Crippen LogP contribution in [0.25, 0.3) is 16.8 Å². The molecule has 2 aromatic rings. The van der Waals surface area contributed by atoms with Crippen molar-refractivity contribution in [2.24, 2.45) is 0 Å². The molecule has 35 heavy (non-hydrogen) atoms. The van der Waals surface area contributed by atoms with Crippen LogP contribution < -0.4 is 0 Å². The highest BCUT2D eigenvalue weighted by Crippen LogP contribution is 2.29. The van der Waals surface area contributed by atoms with Gasteiger partial charge < -0.3 is 4.74 Å². The molecule has 0 radical (unpaired) electrons. The second-order valence-electron chi connectivity index (χ2n) is 9.65. The lowest BCUT2D eigenvalue weighted by molar-refractivity contribution is -0.149. The predicted molar refractivity (Wildman–Crippen MR) is 144 cm³/mol. The molecule has 1 atom stereocenters. The Labute approximate surface area is 211 Å². The van der Waals surface area contributed by atoms with Crippen LogP contribution in [0.5, 0.6) is 0 Å². The van der Waals surface area contributed by atoms with Gasteiger partial charge >= 0.3 is 5.97 Å². The van der Waals surface area contributed by atoms with Gasteiger partial charge in [-0.1, -0.05) is 133 Å². The first-order chi connectivity index (χ1) is 17.1. The number of esters is 1. The topological polar surface area (TPSA) is 26.3 Å². The molecule has 194 valence electrons. The first-order valence-corrected chi connectivity index (χ1v) is 13.7. The normalized spacial score (nSPS) is 12.2. The lowest BCUT2D eigenvalue weighted by Crippen LogP contribution is -2.23. The number of hydrogen-bond donors (Lipinski definition) is 0. The van der Waals surface area contributed by atoms with Crippen molar-refractivity contribution in [2.45, 2.75) is 109 Å². The van der Waals surface area contributed by atoms with Gasteiger partial charge in [-0.05, 0) is 34.4 Å². The molecule has 4 heteroatoms. The van der Waals surface area contributed by atoms with Crippen LogP contribution in [-0.4, -0.2) is 19.0 Å². The third-order valence-corrected chi connectivity index (χ3v) is 6.73. The van der Waals surface area contributed by atoms with Gasteiger partial charge in [-0.15, -0.1) is 0 Å². The summed E-state index contributed by atoms with van der Waals surface area (Å²) in [5, 5.41) is 1.74. The number of rotatable bonds is 19. The van der Waals surface area contributed by atoms with Gasteiger partial charge in [0.05, 0.1) is 6.61 Å². The number of alkyl halides is 2. The summed E-state index contributed by atoms with van der Waals surface area (Å²) >= 11 is 0. The van der Waals surface area contributed by atoms with E-state index in [1.807, 2.05) is 18.2 Å². The maximum atomic E-state index is 13.7. The van der Waals surface area contributed by atoms with E-state index in [4.69, 9.17) is 4.74 Å². The van der Waals surface area contributed by atoms with Crippen molar-refractivity contribution in [1.82, 2.24) is 0 Å². The molecule has 2 rings (SSSR count). The summed E-state index contributed by atoms with van der Waals surface area (Å²) in [5.41, 5.74) is 1.26. The summed E-state index contributed by atoms with van der Waals surface area (Å²) < 4.78 is 32.7. The minimum absolute atomic E-state index is 0.205. The molecular formula is C31H44F2O2. The Hall–Kier alpha value is -2.23. The third kappa shape index (κ3) is 10.9. The van der Waals surface area contributed by atoms with Crippen LogP contribution in [0.1, 0.15) is 114 Å². The Morgan fingerprint density at radius 3 is 1.86 bits per heavy atom. The van der Waals surface area contributed by atoms with Gasteiger partial charge in [0.2, 0.25) is 0 Å². The number of carbonyl (C=O) groups is 1. The van der Waals surface area contributed by atoms with E-state index in [9.17, 15) is 13.6 Å². The summed E-state index contributed by atoms with van der Waals surface area (Å²) in [6, 6.07) is 10.7. The van der Waals surface area contributed by atoms with Gasteiger partial charge in [0, 0.05) is 0 Å². The molecule has 2 aromatic carbocycles. The van der Waals surface area contributed by atoms with Crippen LogP contribution in [-0.2, 0) is 9.53 Å². The third-order valence-electron chi connectivity index (χ3n) is 6.73. The van der Waals surface area contributed by atoms with Crippen LogP contribution in [0.15, 0.2) is 43.0 Å². The van der Waals surface area contributed by atoms with Gasteiger partial charge in [0.25, 0.3) is 6.43 Å². The van der Waals surface area contributed by atoms with E-state index in [2.05, 4.69) is 13.5 Å². The van der Waals surface area contributed by atoms with E-state index in [0.29, 0.717) is 5.56 Å². The van der Waals surface area contributed by atoms with E-state index >= 15 is 0 Å². The van der Waals surface area contributed by atoms with Gasteiger partial charge in [0.15, 0.2) is 0 Å². The lowest BCUT2D eigenvalue weighted by Gasteiger charge is -2.16. The summed E-state index contributed by atoms with van der Waals surface area (Å²) in [6.07, 6.45) is 16.3. The highest BCUT2D eigenvalue weighted by molar-refractivity contribution is 5.87. The number of ether oxygens (including phenoxy) is 1. The monoisotopic (exact) mass is 486 g/mol. The molecule has 0 aliphatic carbocycles. The summed E-state index contributed by atoms with van der Waals surface area (Å²) in [4.78, 5) is 12.4. The number of unbranched alkanes of at least 4 members (excludes halogenated alkanes) is 13. The first kappa shape index (κ1) is 29.0. The minimum atomic E-state index is -2.80. The zero-order chi connectivity index (χ0) is 25.3. The summed E-state index contributed by atoms with van der Waals surface area (Å²) in [7, 11) is 0. The second-order valence-corrected chi connectivity index (χ2v) is 9.65. The Kier molecular flexibility index (Phi) is 14.3. The Morgan fingerprint density at radius 2 is 1.31 bits per heavy atom. The zero-order valence-corrected chi connectivity index (χ0v) is 21.6. The molecule has 0 aromatic heterocycles. The molecule has 0 aliphatic rings. The second kappa shape index (κ2) is 17.2. The molecule has 0 bridgehead atoms. The average Bonchev–Trinajstić information content (AvgIpc) is 2.86. The van der Waals surface area contributed by atoms with Crippen LogP contribution >= 0.6 is 0 Å². The van der Waals surface area contributed by atoms with E-state index in [1.54, 1.807) is 24.3 Å². The predicted octanol–water partition coefficient (Wildman–Crippen LogP) is 9.86. The molecule has 0 fully saturated rings. The standard InChI is InChI=1S/C31H44F2O2/c1-3-5-6-7-8-9-10-11-12-13-14-15-16-17-22-35-31(34)29(30(32)33)28-21-20-26-23-25(4-2)18-19-27(26)24-28/h4,18-21,23-24,29-30H,2-3,5-17,22H2,1H3. The van der Waals surface area contributed by atoms with E-state index in [1.165, 1.54) is 70.6 Å². The largest absolute Gasteiger partial charge is 0.465 e. The smallest absolute Gasteiger partial charge is 0.319 e. The average molecular weight is 487 g/mol. The fourth-order valence-electron chi connectivity index (χ4n) is 4.55. The molecule has 2 nitrogen and oxygen atoms in total. The van der Waals surface area contributed by atoms with Gasteiger partial charge in [-0.2, -0.15) is 0 Å². The number of carbonyl (C=O) groups excluding carboxylic acids is 1. The Bertz CT molecular complexity index is 877. The van der Waals surface area contributed by atoms with Crippen LogP contribution in [0.3, 0.4) is 0 Å². The molecule has 0 spiro atoms. The van der Waals surface area contributed by atoms with Crippen molar-refractivity contribution in [1.29, 1.82) is 0 Å². The first-order valence-electron chi connectivity index (χ1n) is 13.7. The van der Waals surface area contributed by atoms with E-state index < -0.39 is 18.3 Å². The highest BCUT2D eigenvalue weighted by Gasteiger charge is 2.31. The fourth-order valence-corrected chi connectivity index (χ4v) is 4.55. The Balaban J connectivity index is 1.61. The number of halogens is 2. The zero-order valence-electron chi connectivity index (χ0n) is 21.6. The lowest BCUT2D eigenvalue weighted by atomic mass is 9.96. The quantitative estimate of drug-likeness (QED) is 0.146. The van der Waals surface area contributed by atoms with Crippen LogP contribution in [0, 0.1) is 0 Å². The van der Waals surface area contributed by atoms with Crippen molar-refractivity contribution in [2.75, 3.05) is 6.61 Å². The summed E-state index contributed by atoms with van der Waals surface area (Å²) in [5.74, 6) is -2.39. The number of fused-ring (bicyclic) bond motifs is 1. The van der Waals surface area contributed by atoms with Crippen LogP contribution in [0.2, 0.25) is 0 Å². The van der Waals surface area contributed by atoms with Gasteiger partial charge in [0.1, 0.15) is 5.92 Å². The molecule has 0 saturated carbocycles. The molecular weight excluding hydrogens is 442 g/mol. The molecule has 0 N–H and O–H groups in total. The maximum Gasteiger partial charge on any atom is 0.319 e. The highest BCUT2D eigenvalue weighted by atomic mass is 19.3. The van der Waals surface area contributed by atoms with E-state index in [-0.39, 0.29) is 6.61 Å². The maximum absolute atomic E-state index is 13.7. The number of benzene rings is 2. The summed E-state index contributed by atoms with van der Waals surface area (Å²) in [6.45, 7) is 6.21. The van der Waals surface area contributed by atoms with Crippen molar-refractivity contribution >= 4 is 22.8 Å². The molecule has 1 unspecified atom stereocenters. The fraction of sp³-hybridized carbons (Fsp3) is 0.581. The van der Waals surface area contributed by atoms with Crippen LogP contribution in [0.4, 0.5) is 8.78 Å². The molecule has 0 amide bonds. The van der Waals surface area contributed by atoms with E-state index in [0.717, 1.165) is 35.6 Å². The van der Waals surface area contributed by atoms with Crippen molar-refractivity contribution in [3.05, 3.63) is 54.1 Å². The number of hydrogen-bond acceptors (Lipinski definition) is 2. The van der Waals surface area contributed by atoms with Crippen molar-refractivity contribution in [3.8, 4) is 0 Å². The molecule has 0 aliphatic heterocycles. The van der Waals surface area contributed by atoms with Crippen molar-refractivity contribution in [3.63, 3.8) is 0 Å². The molecule has 0 heterocycles.